The van der Waals surface area contributed by atoms with Crippen LogP contribution in [0.3, 0.4) is 0 Å². The number of imide groups is 1. The molecule has 1 aromatic rings. The van der Waals surface area contributed by atoms with Gasteiger partial charge in [-0.3, -0.25) is 14.5 Å². The largest absolute Gasteiger partial charge is 0.377 e. The average molecular weight is 367 g/mol. The van der Waals surface area contributed by atoms with E-state index in [0.717, 1.165) is 27.5 Å². The number of carbonyl (C=O) groups is 2. The maximum Gasteiger partial charge on any atom is 0.293 e. The van der Waals surface area contributed by atoms with Crippen LogP contribution in [-0.4, -0.2) is 36.7 Å². The third-order valence-electron chi connectivity index (χ3n) is 2.94. The molecule has 1 heterocycles. The van der Waals surface area contributed by atoms with Crippen molar-refractivity contribution in [1.82, 2.24) is 4.90 Å². The molecule has 1 fully saturated rings. The highest BCUT2D eigenvalue weighted by molar-refractivity contribution is 9.10. The van der Waals surface area contributed by atoms with Gasteiger partial charge in [-0.15, -0.1) is 6.58 Å². The first-order valence-electron chi connectivity index (χ1n) is 6.27. The average Bonchev–Trinajstić information content (AvgIpc) is 2.66. The van der Waals surface area contributed by atoms with E-state index in [1.54, 1.807) is 12.2 Å². The van der Waals surface area contributed by atoms with E-state index >= 15 is 0 Å². The SMILES string of the molecule is C=CCN1C(=O)S/C(=C/c2ccc(N(C)C)c(Br)c2)C1=O. The Labute approximate surface area is 136 Å². The summed E-state index contributed by atoms with van der Waals surface area (Å²) >= 11 is 4.47. The van der Waals surface area contributed by atoms with Crippen molar-refractivity contribution in [2.24, 2.45) is 0 Å². The van der Waals surface area contributed by atoms with Gasteiger partial charge in [-0.25, -0.2) is 0 Å². The number of hydrogen-bond acceptors (Lipinski definition) is 4. The van der Waals surface area contributed by atoms with Gasteiger partial charge in [-0.1, -0.05) is 12.1 Å². The van der Waals surface area contributed by atoms with Gasteiger partial charge in [-0.05, 0) is 51.5 Å². The Hall–Kier alpha value is -1.53. The fourth-order valence-corrected chi connectivity index (χ4v) is 3.51. The number of rotatable bonds is 4. The summed E-state index contributed by atoms with van der Waals surface area (Å²) in [6.45, 7) is 3.80. The van der Waals surface area contributed by atoms with Crippen LogP contribution in [0.2, 0.25) is 0 Å². The minimum Gasteiger partial charge on any atom is -0.377 e. The molecule has 0 radical (unpaired) electrons. The zero-order valence-corrected chi connectivity index (χ0v) is 14.2. The summed E-state index contributed by atoms with van der Waals surface area (Å²) in [5, 5.41) is -0.255. The highest BCUT2D eigenvalue weighted by Crippen LogP contribution is 2.33. The molecule has 110 valence electrons. The number of anilines is 1. The van der Waals surface area contributed by atoms with Crippen molar-refractivity contribution in [1.29, 1.82) is 0 Å². The Bertz CT molecular complexity index is 641. The van der Waals surface area contributed by atoms with Gasteiger partial charge >= 0.3 is 0 Å². The van der Waals surface area contributed by atoms with Crippen molar-refractivity contribution >= 4 is 50.6 Å². The molecule has 0 unspecified atom stereocenters. The second-order valence-electron chi connectivity index (χ2n) is 4.69. The fourth-order valence-electron chi connectivity index (χ4n) is 1.91. The number of thioether (sulfide) groups is 1. The van der Waals surface area contributed by atoms with Gasteiger partial charge in [0.2, 0.25) is 0 Å². The lowest BCUT2D eigenvalue weighted by atomic mass is 10.2. The summed E-state index contributed by atoms with van der Waals surface area (Å²) in [7, 11) is 3.92. The third kappa shape index (κ3) is 3.39. The molecule has 1 aliphatic heterocycles. The number of amides is 2. The van der Waals surface area contributed by atoms with E-state index in [1.807, 2.05) is 37.2 Å². The first kappa shape index (κ1) is 15.9. The quantitative estimate of drug-likeness (QED) is 0.601. The molecule has 0 spiro atoms. The number of carbonyl (C=O) groups excluding carboxylic acids is 2. The normalized spacial score (nSPS) is 16.7. The van der Waals surface area contributed by atoms with E-state index in [-0.39, 0.29) is 17.7 Å². The molecule has 0 saturated carbocycles. The molecule has 1 saturated heterocycles. The zero-order chi connectivity index (χ0) is 15.6. The summed E-state index contributed by atoms with van der Waals surface area (Å²) in [6.07, 6.45) is 3.28. The van der Waals surface area contributed by atoms with Crippen LogP contribution in [0.1, 0.15) is 5.56 Å². The Morgan fingerprint density at radius 2 is 2.10 bits per heavy atom. The fraction of sp³-hybridized carbons (Fsp3) is 0.200. The lowest BCUT2D eigenvalue weighted by Gasteiger charge is -2.14. The molecule has 2 rings (SSSR count). The Morgan fingerprint density at radius 3 is 2.67 bits per heavy atom. The molecular weight excluding hydrogens is 352 g/mol. The van der Waals surface area contributed by atoms with Gasteiger partial charge in [0.05, 0.1) is 10.6 Å². The van der Waals surface area contributed by atoms with Gasteiger partial charge in [-0.2, -0.15) is 0 Å². The standard InChI is InChI=1S/C15H15BrN2O2S/c1-4-7-18-14(19)13(21-15(18)20)9-10-5-6-12(17(2)3)11(16)8-10/h4-6,8-9H,1,7H2,2-3H3/b13-9+. The number of halogens is 1. The maximum atomic E-state index is 12.1. The molecule has 6 heteroatoms. The van der Waals surface area contributed by atoms with Gasteiger partial charge in [0.25, 0.3) is 11.1 Å². The smallest absolute Gasteiger partial charge is 0.293 e. The molecule has 0 atom stereocenters. The molecule has 0 N–H and O–H groups in total. The molecule has 4 nitrogen and oxygen atoms in total. The summed E-state index contributed by atoms with van der Waals surface area (Å²) in [4.78, 5) is 27.5. The van der Waals surface area contributed by atoms with Gasteiger partial charge < -0.3 is 4.90 Å². The predicted molar refractivity (Wildman–Crippen MR) is 91.3 cm³/mol. The lowest BCUT2D eigenvalue weighted by Crippen LogP contribution is -2.27. The topological polar surface area (TPSA) is 40.6 Å². The molecule has 0 bridgehead atoms. The van der Waals surface area contributed by atoms with E-state index in [4.69, 9.17) is 0 Å². The predicted octanol–water partition coefficient (Wildman–Crippen LogP) is 3.74. The van der Waals surface area contributed by atoms with Crippen LogP contribution in [0.15, 0.2) is 40.2 Å². The van der Waals surface area contributed by atoms with E-state index in [2.05, 4.69) is 22.5 Å². The zero-order valence-electron chi connectivity index (χ0n) is 11.8. The molecule has 0 aromatic heterocycles. The monoisotopic (exact) mass is 366 g/mol. The molecule has 1 aromatic carbocycles. The Balaban J connectivity index is 2.28. The van der Waals surface area contributed by atoms with Crippen LogP contribution < -0.4 is 4.90 Å². The summed E-state index contributed by atoms with van der Waals surface area (Å²) in [6, 6.07) is 5.81. The van der Waals surface area contributed by atoms with Crippen LogP contribution in [0, 0.1) is 0 Å². The van der Waals surface area contributed by atoms with Crippen molar-refractivity contribution in [3.63, 3.8) is 0 Å². The van der Waals surface area contributed by atoms with Crippen LogP contribution in [0.5, 0.6) is 0 Å². The van der Waals surface area contributed by atoms with Crippen LogP contribution in [0.4, 0.5) is 10.5 Å². The third-order valence-corrected chi connectivity index (χ3v) is 4.48. The first-order valence-corrected chi connectivity index (χ1v) is 7.88. The lowest BCUT2D eigenvalue weighted by molar-refractivity contribution is -0.122. The highest BCUT2D eigenvalue weighted by Gasteiger charge is 2.33. The van der Waals surface area contributed by atoms with E-state index in [9.17, 15) is 9.59 Å². The van der Waals surface area contributed by atoms with Crippen LogP contribution in [-0.2, 0) is 4.79 Å². The first-order chi connectivity index (χ1) is 9.93. The van der Waals surface area contributed by atoms with E-state index < -0.39 is 0 Å². The number of benzene rings is 1. The number of nitrogens with zero attached hydrogens (tertiary/aromatic N) is 2. The van der Waals surface area contributed by atoms with Crippen molar-refractivity contribution in [3.05, 3.63) is 45.8 Å². The van der Waals surface area contributed by atoms with Crippen LogP contribution >= 0.6 is 27.7 Å². The molecule has 0 aliphatic carbocycles. The second kappa shape index (κ2) is 6.49. The van der Waals surface area contributed by atoms with Gasteiger partial charge in [0, 0.05) is 25.1 Å². The summed E-state index contributed by atoms with van der Waals surface area (Å²) in [5.74, 6) is -0.266. The Kier molecular flexibility index (Phi) is 4.90. The van der Waals surface area contributed by atoms with Gasteiger partial charge in [0.15, 0.2) is 0 Å². The van der Waals surface area contributed by atoms with Crippen molar-refractivity contribution in [3.8, 4) is 0 Å². The van der Waals surface area contributed by atoms with E-state index in [0.29, 0.717) is 4.91 Å². The Morgan fingerprint density at radius 1 is 1.38 bits per heavy atom. The van der Waals surface area contributed by atoms with Crippen molar-refractivity contribution in [2.45, 2.75) is 0 Å². The van der Waals surface area contributed by atoms with E-state index in [1.165, 1.54) is 4.90 Å². The second-order valence-corrected chi connectivity index (χ2v) is 6.53. The summed E-state index contributed by atoms with van der Waals surface area (Å²) < 4.78 is 0.937. The molecule has 21 heavy (non-hydrogen) atoms. The molecule has 1 aliphatic rings. The van der Waals surface area contributed by atoms with Crippen LogP contribution in [0.25, 0.3) is 6.08 Å². The molecular formula is C15H15BrN2O2S. The summed E-state index contributed by atoms with van der Waals surface area (Å²) in [5.41, 5.74) is 1.92. The van der Waals surface area contributed by atoms with Gasteiger partial charge in [0.1, 0.15) is 0 Å². The molecule has 2 amide bonds. The van der Waals surface area contributed by atoms with Crippen molar-refractivity contribution < 1.29 is 9.59 Å². The number of hydrogen-bond donors (Lipinski definition) is 0. The maximum absolute atomic E-state index is 12.1. The highest BCUT2D eigenvalue weighted by atomic mass is 79.9. The minimum atomic E-state index is -0.266. The minimum absolute atomic E-state index is 0.241. The van der Waals surface area contributed by atoms with Crippen molar-refractivity contribution in [2.75, 3.05) is 25.5 Å².